The van der Waals surface area contributed by atoms with Gasteiger partial charge in [0.2, 0.25) is 11.7 Å². The molecule has 0 aliphatic carbocycles. The molecule has 10 heteroatoms. The summed E-state index contributed by atoms with van der Waals surface area (Å²) in [4.78, 5) is 10.6. The Bertz CT molecular complexity index is 1290. The standard InChI is InChI=1S/C19H20N2O4.C9H12N2O2/c1-22-16-6-5-12(8-15(16)21)7-14(11-20)13-9-17(23-2)19(25-4)18(10-13)24-3;10-8(9(11)13)5-6-1-3-7(12)4-2-6/h5-10H,21H2,1-4H3;1-4,8,12H,5,10H2,(H2,11,13)/b14-7-;/t;8-/m.1/s1. The summed E-state index contributed by atoms with van der Waals surface area (Å²) in [5.41, 5.74) is 19.6. The number of hydrogen-bond acceptors (Lipinski definition) is 9. The van der Waals surface area contributed by atoms with Crippen molar-refractivity contribution in [2.75, 3.05) is 34.2 Å². The molecule has 1 amide bonds. The van der Waals surface area contributed by atoms with Gasteiger partial charge >= 0.3 is 0 Å². The van der Waals surface area contributed by atoms with Crippen LogP contribution in [-0.4, -0.2) is 45.5 Å². The first-order chi connectivity index (χ1) is 18.2. The molecule has 0 bridgehead atoms. The monoisotopic (exact) mass is 520 g/mol. The van der Waals surface area contributed by atoms with Crippen LogP contribution in [0.2, 0.25) is 0 Å². The van der Waals surface area contributed by atoms with Crippen LogP contribution in [0, 0.1) is 11.3 Å². The summed E-state index contributed by atoms with van der Waals surface area (Å²) in [5, 5.41) is 18.6. The molecule has 0 aromatic heterocycles. The summed E-state index contributed by atoms with van der Waals surface area (Å²) >= 11 is 0. The number of carbonyl (C=O) groups excluding carboxylic acids is 1. The van der Waals surface area contributed by atoms with Crippen LogP contribution in [0.4, 0.5) is 5.69 Å². The molecule has 0 aliphatic heterocycles. The maximum absolute atomic E-state index is 10.6. The molecule has 0 saturated heterocycles. The number of phenolic OH excluding ortho intramolecular Hbond substituents is 1. The zero-order chi connectivity index (χ0) is 28.2. The van der Waals surface area contributed by atoms with Gasteiger partial charge in [-0.15, -0.1) is 0 Å². The molecular weight excluding hydrogens is 488 g/mol. The minimum atomic E-state index is -0.662. The minimum Gasteiger partial charge on any atom is -0.508 e. The zero-order valence-electron chi connectivity index (χ0n) is 21.7. The lowest BCUT2D eigenvalue weighted by atomic mass is 10.0. The maximum atomic E-state index is 10.6. The predicted molar refractivity (Wildman–Crippen MR) is 146 cm³/mol. The Labute approximate surface area is 221 Å². The molecule has 7 N–H and O–H groups in total. The predicted octanol–water partition coefficient (Wildman–Crippen LogP) is 3.11. The fourth-order valence-electron chi connectivity index (χ4n) is 3.41. The second kappa shape index (κ2) is 14.0. The Balaban J connectivity index is 0.000000328. The number of nitriles is 1. The first kappa shape index (κ1) is 29.4. The van der Waals surface area contributed by atoms with Crippen molar-refractivity contribution in [3.05, 3.63) is 71.3 Å². The Morgan fingerprint density at radius 3 is 1.97 bits per heavy atom. The van der Waals surface area contributed by atoms with E-state index in [-0.39, 0.29) is 5.75 Å². The zero-order valence-corrected chi connectivity index (χ0v) is 21.7. The number of carbonyl (C=O) groups is 1. The van der Waals surface area contributed by atoms with Crippen molar-refractivity contribution in [1.82, 2.24) is 0 Å². The number of methoxy groups -OCH3 is 4. The smallest absolute Gasteiger partial charge is 0.234 e. The van der Waals surface area contributed by atoms with E-state index in [0.717, 1.165) is 11.1 Å². The van der Waals surface area contributed by atoms with Crippen LogP contribution in [0.25, 0.3) is 11.6 Å². The van der Waals surface area contributed by atoms with E-state index >= 15 is 0 Å². The molecule has 10 nitrogen and oxygen atoms in total. The van der Waals surface area contributed by atoms with Crippen LogP contribution in [0.5, 0.6) is 28.7 Å². The van der Waals surface area contributed by atoms with Gasteiger partial charge < -0.3 is 41.3 Å². The van der Waals surface area contributed by atoms with Crippen molar-refractivity contribution in [3.63, 3.8) is 0 Å². The topological polar surface area (TPSA) is 176 Å². The largest absolute Gasteiger partial charge is 0.508 e. The van der Waals surface area contributed by atoms with Gasteiger partial charge in [-0.25, -0.2) is 0 Å². The average Bonchev–Trinajstić information content (AvgIpc) is 2.92. The lowest BCUT2D eigenvalue weighted by Crippen LogP contribution is -2.38. The number of allylic oxidation sites excluding steroid dienone is 1. The molecule has 200 valence electrons. The number of nitrogens with two attached hydrogens (primary N) is 3. The van der Waals surface area contributed by atoms with Crippen molar-refractivity contribution >= 4 is 23.2 Å². The lowest BCUT2D eigenvalue weighted by Gasteiger charge is -2.14. The summed E-state index contributed by atoms with van der Waals surface area (Å²) in [6, 6.07) is 16.8. The van der Waals surface area contributed by atoms with Crippen LogP contribution in [0.15, 0.2) is 54.6 Å². The molecule has 0 unspecified atom stereocenters. The van der Waals surface area contributed by atoms with Crippen molar-refractivity contribution in [2.45, 2.75) is 12.5 Å². The molecule has 0 spiro atoms. The highest BCUT2D eigenvalue weighted by Gasteiger charge is 2.15. The van der Waals surface area contributed by atoms with E-state index in [0.29, 0.717) is 46.2 Å². The van der Waals surface area contributed by atoms with E-state index in [2.05, 4.69) is 6.07 Å². The van der Waals surface area contributed by atoms with Crippen LogP contribution in [0.3, 0.4) is 0 Å². The third kappa shape index (κ3) is 7.81. The average molecular weight is 521 g/mol. The molecule has 0 heterocycles. The van der Waals surface area contributed by atoms with Crippen LogP contribution in [-0.2, 0) is 11.2 Å². The fourth-order valence-corrected chi connectivity index (χ4v) is 3.41. The number of amides is 1. The summed E-state index contributed by atoms with van der Waals surface area (Å²) in [7, 11) is 6.14. The van der Waals surface area contributed by atoms with E-state index in [1.807, 2.05) is 6.07 Å². The van der Waals surface area contributed by atoms with Crippen molar-refractivity contribution in [1.29, 1.82) is 5.26 Å². The third-order valence-electron chi connectivity index (χ3n) is 5.42. The number of anilines is 1. The SMILES string of the molecule is COc1ccc(/C=C(/C#N)c2cc(OC)c(OC)c(OC)c2)cc1N.NC(=O)[C@H](N)Cc1ccc(O)cc1. The number of phenols is 1. The van der Waals surface area contributed by atoms with E-state index in [9.17, 15) is 10.1 Å². The summed E-state index contributed by atoms with van der Waals surface area (Å²) in [6.45, 7) is 0. The van der Waals surface area contributed by atoms with Crippen molar-refractivity contribution < 1.29 is 28.8 Å². The van der Waals surface area contributed by atoms with E-state index < -0.39 is 11.9 Å². The number of hydrogen-bond donors (Lipinski definition) is 4. The van der Waals surface area contributed by atoms with Crippen molar-refractivity contribution in [2.24, 2.45) is 11.5 Å². The second-order valence-electron chi connectivity index (χ2n) is 7.96. The number of aromatic hydroxyl groups is 1. The van der Waals surface area contributed by atoms with Crippen LogP contribution >= 0.6 is 0 Å². The number of benzene rings is 3. The number of nitrogens with zero attached hydrogens (tertiary/aromatic N) is 1. The van der Waals surface area contributed by atoms with E-state index in [1.54, 1.807) is 61.7 Å². The second-order valence-corrected chi connectivity index (χ2v) is 7.96. The normalized spacial score (nSPS) is 11.3. The molecule has 0 fully saturated rings. The lowest BCUT2D eigenvalue weighted by molar-refractivity contribution is -0.119. The van der Waals surface area contributed by atoms with Gasteiger partial charge in [-0.3, -0.25) is 4.79 Å². The molecule has 1 atom stereocenters. The molecule has 38 heavy (non-hydrogen) atoms. The van der Waals surface area contributed by atoms with Gasteiger partial charge in [-0.1, -0.05) is 18.2 Å². The Kier molecular flexibility index (Phi) is 10.8. The number of primary amides is 1. The van der Waals surface area contributed by atoms with E-state index in [4.69, 9.17) is 41.3 Å². The van der Waals surface area contributed by atoms with Gasteiger partial charge in [0.15, 0.2) is 11.5 Å². The summed E-state index contributed by atoms with van der Waals surface area (Å²) in [6.07, 6.45) is 2.13. The maximum Gasteiger partial charge on any atom is 0.234 e. The molecule has 0 saturated carbocycles. The first-order valence-corrected chi connectivity index (χ1v) is 11.4. The highest BCUT2D eigenvalue weighted by Crippen LogP contribution is 2.40. The molecule has 3 rings (SSSR count). The highest BCUT2D eigenvalue weighted by molar-refractivity contribution is 5.91. The molecule has 0 radical (unpaired) electrons. The van der Waals surface area contributed by atoms with Gasteiger partial charge in [0, 0.05) is 0 Å². The van der Waals surface area contributed by atoms with Crippen molar-refractivity contribution in [3.8, 4) is 34.8 Å². The van der Waals surface area contributed by atoms with Gasteiger partial charge in [0.05, 0.1) is 51.8 Å². The third-order valence-corrected chi connectivity index (χ3v) is 5.42. The number of ether oxygens (including phenoxy) is 4. The van der Waals surface area contributed by atoms with Gasteiger partial charge in [0.1, 0.15) is 11.5 Å². The summed E-state index contributed by atoms with van der Waals surface area (Å²) < 4.78 is 21.1. The van der Waals surface area contributed by atoms with Gasteiger partial charge in [0.25, 0.3) is 0 Å². The highest BCUT2D eigenvalue weighted by atomic mass is 16.5. The molecule has 0 aliphatic rings. The summed E-state index contributed by atoms with van der Waals surface area (Å²) in [5.74, 6) is 1.69. The molecule has 3 aromatic rings. The van der Waals surface area contributed by atoms with Gasteiger partial charge in [-0.2, -0.15) is 5.26 Å². The Morgan fingerprint density at radius 1 is 0.947 bits per heavy atom. The quantitative estimate of drug-likeness (QED) is 0.187. The molecule has 3 aromatic carbocycles. The Morgan fingerprint density at radius 2 is 1.53 bits per heavy atom. The number of nitrogen functional groups attached to an aromatic ring is 1. The fraction of sp³-hybridized carbons (Fsp3) is 0.214. The Hall–Kier alpha value is -4.88. The first-order valence-electron chi connectivity index (χ1n) is 11.4. The van der Waals surface area contributed by atoms with Gasteiger partial charge in [-0.05, 0) is 65.6 Å². The van der Waals surface area contributed by atoms with Crippen LogP contribution < -0.4 is 36.1 Å². The minimum absolute atomic E-state index is 0.191. The van der Waals surface area contributed by atoms with E-state index in [1.165, 1.54) is 21.3 Å². The van der Waals surface area contributed by atoms with Crippen LogP contribution in [0.1, 0.15) is 16.7 Å². The number of rotatable bonds is 9. The molecular formula is C28H32N4O6.